The minimum absolute atomic E-state index is 0.263. The van der Waals surface area contributed by atoms with Gasteiger partial charge in [0.2, 0.25) is 5.95 Å². The van der Waals surface area contributed by atoms with Crippen molar-refractivity contribution in [3.63, 3.8) is 0 Å². The van der Waals surface area contributed by atoms with Crippen molar-refractivity contribution in [2.45, 2.75) is 32.6 Å². The van der Waals surface area contributed by atoms with Crippen LogP contribution in [-0.2, 0) is 6.42 Å². The summed E-state index contributed by atoms with van der Waals surface area (Å²) in [5, 5.41) is 9.90. The molecule has 0 saturated heterocycles. The highest BCUT2D eigenvalue weighted by atomic mass is 32.1. The average molecular weight is 294 g/mol. The minimum atomic E-state index is 0.263. The molecule has 110 valence electrons. The van der Waals surface area contributed by atoms with E-state index in [2.05, 4.69) is 27.9 Å². The number of hydrogen-bond donors (Lipinski definition) is 2. The van der Waals surface area contributed by atoms with E-state index >= 15 is 0 Å². The number of aliphatic hydroxyl groups excluding tert-OH is 1. The van der Waals surface area contributed by atoms with Crippen LogP contribution in [0.4, 0.5) is 11.8 Å². The summed E-state index contributed by atoms with van der Waals surface area (Å²) in [5.74, 6) is 1.24. The predicted molar refractivity (Wildman–Crippen MR) is 85.4 cm³/mol. The first-order valence-electron chi connectivity index (χ1n) is 7.03. The van der Waals surface area contributed by atoms with Crippen LogP contribution in [0.3, 0.4) is 0 Å². The van der Waals surface area contributed by atoms with Crippen LogP contribution in [0.5, 0.6) is 0 Å². The topological polar surface area (TPSA) is 75.3 Å². The second kappa shape index (κ2) is 6.85. The number of aliphatic hydroxyl groups is 1. The maximum absolute atomic E-state index is 8.81. The van der Waals surface area contributed by atoms with Gasteiger partial charge in [0.05, 0.1) is 5.39 Å². The molecule has 3 N–H and O–H groups in total. The van der Waals surface area contributed by atoms with Gasteiger partial charge in [0.1, 0.15) is 10.6 Å². The van der Waals surface area contributed by atoms with Crippen molar-refractivity contribution in [3.05, 3.63) is 10.9 Å². The third-order valence-electron chi connectivity index (χ3n) is 3.30. The number of hydrogen-bond acceptors (Lipinski definition) is 6. The summed E-state index contributed by atoms with van der Waals surface area (Å²) in [4.78, 5) is 13.1. The normalized spacial score (nSPS) is 11.2. The standard InChI is InChI=1S/C14H22N4OS/c1-3-10-9-11-12(16-14(15)17-13(11)20-10)18(2)7-5-4-6-8-19/h9,19H,3-8H2,1-2H3,(H2,15,16,17). The smallest absolute Gasteiger partial charge is 0.223 e. The zero-order chi connectivity index (χ0) is 14.5. The Morgan fingerprint density at radius 3 is 2.80 bits per heavy atom. The number of aromatic nitrogens is 2. The van der Waals surface area contributed by atoms with Crippen molar-refractivity contribution < 1.29 is 5.11 Å². The Balaban J connectivity index is 2.20. The van der Waals surface area contributed by atoms with Crippen molar-refractivity contribution >= 4 is 33.3 Å². The van der Waals surface area contributed by atoms with Crippen molar-refractivity contribution in [1.29, 1.82) is 0 Å². The van der Waals surface area contributed by atoms with Crippen LogP contribution in [0.2, 0.25) is 0 Å². The summed E-state index contributed by atoms with van der Waals surface area (Å²) in [6.45, 7) is 3.31. The van der Waals surface area contributed by atoms with Crippen LogP contribution in [-0.4, -0.2) is 35.3 Å². The molecule has 0 aliphatic carbocycles. The SMILES string of the molecule is CCc1cc2c(N(C)CCCCCO)nc(N)nc2s1. The molecule has 2 aromatic heterocycles. The molecule has 0 amide bonds. The van der Waals surface area contributed by atoms with Crippen LogP contribution in [0.25, 0.3) is 10.2 Å². The monoisotopic (exact) mass is 294 g/mol. The largest absolute Gasteiger partial charge is 0.396 e. The predicted octanol–water partition coefficient (Wildman–Crippen LogP) is 2.43. The third kappa shape index (κ3) is 3.37. The molecule has 2 aromatic rings. The lowest BCUT2D eigenvalue weighted by Gasteiger charge is -2.19. The Labute approximate surface area is 123 Å². The fourth-order valence-corrected chi connectivity index (χ4v) is 3.15. The van der Waals surface area contributed by atoms with Crippen LogP contribution in [0.1, 0.15) is 31.1 Å². The van der Waals surface area contributed by atoms with Gasteiger partial charge in [0.25, 0.3) is 0 Å². The Morgan fingerprint density at radius 1 is 1.30 bits per heavy atom. The summed E-state index contributed by atoms with van der Waals surface area (Å²) in [5.41, 5.74) is 5.81. The Bertz CT molecular complexity index is 570. The molecule has 0 bridgehead atoms. The van der Waals surface area contributed by atoms with Gasteiger partial charge in [-0.2, -0.15) is 4.98 Å². The van der Waals surface area contributed by atoms with Gasteiger partial charge in [-0.15, -0.1) is 11.3 Å². The third-order valence-corrected chi connectivity index (χ3v) is 4.48. The summed E-state index contributed by atoms with van der Waals surface area (Å²) < 4.78 is 0. The second-order valence-corrected chi connectivity index (χ2v) is 6.01. The van der Waals surface area contributed by atoms with Gasteiger partial charge in [-0.25, -0.2) is 4.98 Å². The van der Waals surface area contributed by atoms with Crippen LogP contribution >= 0.6 is 11.3 Å². The summed E-state index contributed by atoms with van der Waals surface area (Å²) in [6, 6.07) is 2.17. The van der Waals surface area contributed by atoms with Crippen molar-refractivity contribution in [1.82, 2.24) is 9.97 Å². The Kier molecular flexibility index (Phi) is 5.14. The van der Waals surface area contributed by atoms with E-state index in [0.29, 0.717) is 5.95 Å². The molecule has 0 aliphatic rings. The van der Waals surface area contributed by atoms with E-state index in [-0.39, 0.29) is 6.61 Å². The molecule has 2 heterocycles. The van der Waals surface area contributed by atoms with Crippen molar-refractivity contribution in [3.8, 4) is 0 Å². The molecule has 6 heteroatoms. The van der Waals surface area contributed by atoms with E-state index in [0.717, 1.165) is 48.3 Å². The number of nitrogen functional groups attached to an aromatic ring is 1. The molecule has 0 aromatic carbocycles. The van der Waals surface area contributed by atoms with E-state index in [1.807, 2.05) is 7.05 Å². The van der Waals surface area contributed by atoms with Gasteiger partial charge in [-0.05, 0) is 31.7 Å². The van der Waals surface area contributed by atoms with Gasteiger partial charge >= 0.3 is 0 Å². The highest BCUT2D eigenvalue weighted by Crippen LogP contribution is 2.31. The highest BCUT2D eigenvalue weighted by Gasteiger charge is 2.13. The molecule has 20 heavy (non-hydrogen) atoms. The van der Waals surface area contributed by atoms with E-state index in [1.54, 1.807) is 11.3 Å². The molecular formula is C14H22N4OS. The van der Waals surface area contributed by atoms with Gasteiger partial charge in [0.15, 0.2) is 0 Å². The lowest BCUT2D eigenvalue weighted by molar-refractivity contribution is 0.283. The summed E-state index contributed by atoms with van der Waals surface area (Å²) in [6.07, 6.45) is 3.91. The zero-order valence-corrected chi connectivity index (χ0v) is 12.9. The number of thiophene rings is 1. The molecule has 0 spiro atoms. The molecule has 2 rings (SSSR count). The highest BCUT2D eigenvalue weighted by molar-refractivity contribution is 7.18. The van der Waals surface area contributed by atoms with Gasteiger partial charge < -0.3 is 15.7 Å². The number of unbranched alkanes of at least 4 members (excludes halogenated alkanes) is 2. The first kappa shape index (κ1) is 15.0. The molecule has 0 aliphatic heterocycles. The number of anilines is 2. The summed E-state index contributed by atoms with van der Waals surface area (Å²) in [7, 11) is 2.03. The fourth-order valence-electron chi connectivity index (χ4n) is 2.18. The average Bonchev–Trinajstić information content (AvgIpc) is 2.85. The Morgan fingerprint density at radius 2 is 2.10 bits per heavy atom. The number of rotatable bonds is 7. The second-order valence-electron chi connectivity index (χ2n) is 4.90. The number of nitrogens with two attached hydrogens (primary N) is 1. The van der Waals surface area contributed by atoms with E-state index in [1.165, 1.54) is 4.88 Å². The molecule has 0 radical (unpaired) electrons. The molecule has 0 saturated carbocycles. The molecule has 5 nitrogen and oxygen atoms in total. The van der Waals surface area contributed by atoms with E-state index < -0.39 is 0 Å². The van der Waals surface area contributed by atoms with Crippen LogP contribution < -0.4 is 10.6 Å². The van der Waals surface area contributed by atoms with Crippen LogP contribution in [0.15, 0.2) is 6.07 Å². The van der Waals surface area contributed by atoms with Gasteiger partial charge in [-0.3, -0.25) is 0 Å². The van der Waals surface area contributed by atoms with Gasteiger partial charge in [0, 0.05) is 25.1 Å². The molecular weight excluding hydrogens is 272 g/mol. The van der Waals surface area contributed by atoms with E-state index in [9.17, 15) is 0 Å². The van der Waals surface area contributed by atoms with Gasteiger partial charge in [-0.1, -0.05) is 6.92 Å². The molecule has 0 fully saturated rings. The number of fused-ring (bicyclic) bond motifs is 1. The summed E-state index contributed by atoms with van der Waals surface area (Å²) >= 11 is 1.68. The molecule has 0 unspecified atom stereocenters. The quantitative estimate of drug-likeness (QED) is 0.767. The van der Waals surface area contributed by atoms with E-state index in [4.69, 9.17) is 10.8 Å². The minimum Gasteiger partial charge on any atom is -0.396 e. The first-order chi connectivity index (χ1) is 9.65. The van der Waals surface area contributed by atoms with Crippen molar-refractivity contribution in [2.24, 2.45) is 0 Å². The lowest BCUT2D eigenvalue weighted by Crippen LogP contribution is -2.20. The first-order valence-corrected chi connectivity index (χ1v) is 7.85. The number of aryl methyl sites for hydroxylation is 1. The maximum Gasteiger partial charge on any atom is 0.223 e. The van der Waals surface area contributed by atoms with Crippen molar-refractivity contribution in [2.75, 3.05) is 30.8 Å². The molecule has 0 atom stereocenters. The number of nitrogens with zero attached hydrogens (tertiary/aromatic N) is 3. The Hall–Kier alpha value is -1.40. The van der Waals surface area contributed by atoms with Crippen LogP contribution in [0, 0.1) is 0 Å². The lowest BCUT2D eigenvalue weighted by atomic mass is 10.2. The zero-order valence-electron chi connectivity index (χ0n) is 12.1. The fraction of sp³-hybridized carbons (Fsp3) is 0.571. The maximum atomic E-state index is 8.81.